The van der Waals surface area contributed by atoms with E-state index in [1.165, 1.54) is 17.8 Å². The molecular weight excluding hydrogens is 843 g/mol. The monoisotopic (exact) mass is 873 g/mol. The molecule has 0 bridgehead atoms. The second-order valence-corrected chi connectivity index (χ2v) is 17.0. The molecule has 8 rings (SSSR count). The first-order chi connectivity index (χ1) is 28.1. The Morgan fingerprint density at radius 1 is 1.03 bits per heavy atom. The molecular formula is C39H31ClF7N9O3S. The van der Waals surface area contributed by atoms with Crippen LogP contribution >= 0.6 is 11.6 Å². The number of sulfonamides is 1. The summed E-state index contributed by atoms with van der Waals surface area (Å²) in [4.78, 5) is 19.0. The SMILES string of the molecule is CC(C)n1cc(-c2ccc(-c3ccc(Cl)c4c(NS(C)(=O)=O)nn(C)c34)c([C@H](Cc3cc(F)cc(F)c3)NC(=O)Cn3nc(C(F)(F)F)c4c3C(F)(F)[C@@H]3C#C[C@H]43)n2)cn1. The standard InChI is InChI=1S/C39H31ClF7N9O3S/c1-18(2)55-16-20(15-48-55)28-10-7-23(24-6-9-27(40)32-34(24)54(3)52-37(32)53-60(4,58)59)33(50-28)29(13-19-11-21(41)14-22(42)12-19)49-30(57)17-56-36-31(35(51-56)39(45,46)47)25-5-8-26(25)38(36,43)44/h6-7,9-12,14-16,18,25-26,29H,13,17H2,1-4H3,(H,49,57)(H,52,53)/t25-,26+,29-/m0/s1. The number of nitrogens with zero attached hydrogens (tertiary/aromatic N) is 7. The van der Waals surface area contributed by atoms with Crippen molar-refractivity contribution in [1.29, 1.82) is 0 Å². The van der Waals surface area contributed by atoms with E-state index in [2.05, 4.69) is 37.2 Å². The Morgan fingerprint density at radius 2 is 1.73 bits per heavy atom. The van der Waals surface area contributed by atoms with Crippen LogP contribution in [0, 0.1) is 29.4 Å². The first-order valence-corrected chi connectivity index (χ1v) is 20.4. The number of carbonyl (C=O) groups excluding carboxylic acids is 1. The maximum absolute atomic E-state index is 15.6. The van der Waals surface area contributed by atoms with Crippen LogP contribution in [0.5, 0.6) is 0 Å². The predicted octanol–water partition coefficient (Wildman–Crippen LogP) is 7.52. The number of alkyl halides is 5. The summed E-state index contributed by atoms with van der Waals surface area (Å²) in [5.74, 6) is -5.53. The minimum absolute atomic E-state index is 0.0181. The largest absolute Gasteiger partial charge is 0.435 e. The van der Waals surface area contributed by atoms with Gasteiger partial charge in [-0.05, 0) is 50.1 Å². The van der Waals surface area contributed by atoms with Gasteiger partial charge < -0.3 is 5.32 Å². The minimum Gasteiger partial charge on any atom is -0.346 e. The molecule has 3 atom stereocenters. The Labute approximate surface area is 341 Å². The van der Waals surface area contributed by atoms with E-state index in [9.17, 15) is 35.2 Å². The van der Waals surface area contributed by atoms with Crippen molar-refractivity contribution >= 4 is 44.3 Å². The first-order valence-electron chi connectivity index (χ1n) is 18.1. The summed E-state index contributed by atoms with van der Waals surface area (Å²) >= 11 is 6.61. The van der Waals surface area contributed by atoms with Gasteiger partial charge in [0.25, 0.3) is 0 Å². The Hall–Kier alpha value is -5.94. The van der Waals surface area contributed by atoms with E-state index in [4.69, 9.17) is 16.6 Å². The number of hydrogen-bond donors (Lipinski definition) is 2. The highest BCUT2D eigenvalue weighted by Crippen LogP contribution is 2.58. The molecule has 4 aromatic heterocycles. The third-order valence-electron chi connectivity index (χ3n) is 10.2. The van der Waals surface area contributed by atoms with Crippen LogP contribution in [0.25, 0.3) is 33.3 Å². The summed E-state index contributed by atoms with van der Waals surface area (Å²) < 4.78 is 133. The number of amides is 1. The van der Waals surface area contributed by atoms with Crippen LogP contribution < -0.4 is 10.0 Å². The zero-order valence-corrected chi connectivity index (χ0v) is 33.3. The molecule has 0 unspecified atom stereocenters. The number of rotatable bonds is 11. The van der Waals surface area contributed by atoms with Crippen LogP contribution in [-0.4, -0.2) is 54.9 Å². The maximum atomic E-state index is 15.6. The van der Waals surface area contributed by atoms with Gasteiger partial charge in [-0.3, -0.25) is 23.6 Å². The number of aryl methyl sites for hydroxylation is 1. The minimum atomic E-state index is -5.15. The van der Waals surface area contributed by atoms with Crippen molar-refractivity contribution in [2.45, 2.75) is 56.9 Å². The average Bonchev–Trinajstić information content (AvgIpc) is 3.86. The molecule has 60 heavy (non-hydrogen) atoms. The normalized spacial score (nSPS) is 17.2. The molecule has 21 heteroatoms. The lowest BCUT2D eigenvalue weighted by atomic mass is 9.84. The smallest absolute Gasteiger partial charge is 0.346 e. The molecule has 2 aliphatic rings. The molecule has 312 valence electrons. The lowest BCUT2D eigenvalue weighted by Crippen LogP contribution is -2.36. The van der Waals surface area contributed by atoms with Gasteiger partial charge >= 0.3 is 12.1 Å². The van der Waals surface area contributed by atoms with Crippen molar-refractivity contribution in [2.75, 3.05) is 11.0 Å². The molecule has 6 aromatic rings. The van der Waals surface area contributed by atoms with E-state index < -0.39 is 81.0 Å². The van der Waals surface area contributed by atoms with Gasteiger partial charge in [0.05, 0.1) is 51.7 Å². The number of anilines is 1. The van der Waals surface area contributed by atoms with Crippen LogP contribution in [0.1, 0.15) is 60.1 Å². The van der Waals surface area contributed by atoms with Crippen LogP contribution in [0.3, 0.4) is 0 Å². The van der Waals surface area contributed by atoms with Crippen molar-refractivity contribution in [3.05, 3.63) is 99.7 Å². The van der Waals surface area contributed by atoms with Crippen LogP contribution in [-0.2, 0) is 46.9 Å². The number of halogens is 8. The number of hydrogen-bond acceptors (Lipinski definition) is 7. The van der Waals surface area contributed by atoms with Gasteiger partial charge in [0.1, 0.15) is 29.8 Å². The van der Waals surface area contributed by atoms with Gasteiger partial charge in [0, 0.05) is 47.6 Å². The van der Waals surface area contributed by atoms with Crippen molar-refractivity contribution in [2.24, 2.45) is 13.0 Å². The van der Waals surface area contributed by atoms with Crippen LogP contribution in [0.2, 0.25) is 5.02 Å². The molecule has 0 spiro atoms. The van der Waals surface area contributed by atoms with E-state index >= 15 is 8.78 Å². The van der Waals surface area contributed by atoms with E-state index in [-0.39, 0.29) is 45.5 Å². The number of carbonyl (C=O) groups is 1. The molecule has 0 saturated heterocycles. The lowest BCUT2D eigenvalue weighted by Gasteiger charge is -2.24. The molecule has 2 N–H and O–H groups in total. The summed E-state index contributed by atoms with van der Waals surface area (Å²) in [5.41, 5.74) is -1.66. The van der Waals surface area contributed by atoms with Gasteiger partial charge in [-0.15, -0.1) is 0 Å². The Bertz CT molecular complexity index is 2910. The maximum Gasteiger partial charge on any atom is 0.435 e. The van der Waals surface area contributed by atoms with Crippen molar-refractivity contribution in [1.82, 2.24) is 39.6 Å². The van der Waals surface area contributed by atoms with Gasteiger partial charge in [-0.2, -0.15) is 37.2 Å². The third-order valence-corrected chi connectivity index (χ3v) is 11.1. The van der Waals surface area contributed by atoms with E-state index in [0.717, 1.165) is 18.4 Å². The molecule has 2 aliphatic carbocycles. The number of nitrogens with one attached hydrogen (secondary N) is 2. The third kappa shape index (κ3) is 7.23. The van der Waals surface area contributed by atoms with E-state index in [1.54, 1.807) is 35.3 Å². The highest BCUT2D eigenvalue weighted by atomic mass is 35.5. The number of pyridine rings is 1. The molecule has 0 radical (unpaired) electrons. The average molecular weight is 874 g/mol. The second kappa shape index (κ2) is 14.4. The highest BCUT2D eigenvalue weighted by Gasteiger charge is 2.62. The summed E-state index contributed by atoms with van der Waals surface area (Å²) in [6.07, 6.45) is -1.34. The molecule has 2 aromatic carbocycles. The molecule has 0 fully saturated rings. The topological polar surface area (TPSA) is 142 Å². The van der Waals surface area contributed by atoms with Crippen molar-refractivity contribution in [3.8, 4) is 34.2 Å². The summed E-state index contributed by atoms with van der Waals surface area (Å²) in [6, 6.07) is 7.55. The Balaban J connectivity index is 1.30. The lowest BCUT2D eigenvalue weighted by molar-refractivity contribution is -0.142. The highest BCUT2D eigenvalue weighted by molar-refractivity contribution is 7.92. The van der Waals surface area contributed by atoms with Crippen LogP contribution in [0.15, 0.2) is 54.9 Å². The predicted molar refractivity (Wildman–Crippen MR) is 205 cm³/mol. The number of fused-ring (bicyclic) bond motifs is 4. The fraction of sp³-hybridized carbons (Fsp3) is 0.308. The molecule has 4 heterocycles. The van der Waals surface area contributed by atoms with Crippen LogP contribution in [0.4, 0.5) is 36.6 Å². The summed E-state index contributed by atoms with van der Waals surface area (Å²) in [6.45, 7) is 2.68. The van der Waals surface area contributed by atoms with Gasteiger partial charge in [-0.1, -0.05) is 35.6 Å². The Kier molecular flexibility index (Phi) is 9.77. The molecule has 0 aliphatic heterocycles. The molecule has 0 saturated carbocycles. The zero-order chi connectivity index (χ0) is 43.2. The fourth-order valence-electron chi connectivity index (χ4n) is 7.66. The number of aromatic nitrogens is 7. The molecule has 1 amide bonds. The van der Waals surface area contributed by atoms with Crippen molar-refractivity contribution < 1.29 is 43.9 Å². The van der Waals surface area contributed by atoms with Crippen molar-refractivity contribution in [3.63, 3.8) is 0 Å². The van der Waals surface area contributed by atoms with E-state index in [0.29, 0.717) is 33.1 Å². The van der Waals surface area contributed by atoms with Gasteiger partial charge in [0.2, 0.25) is 15.9 Å². The zero-order valence-electron chi connectivity index (χ0n) is 31.7. The van der Waals surface area contributed by atoms with E-state index in [1.807, 2.05) is 13.8 Å². The summed E-state index contributed by atoms with van der Waals surface area (Å²) in [5, 5.41) is 15.1. The number of benzene rings is 2. The van der Waals surface area contributed by atoms with Gasteiger partial charge in [0.15, 0.2) is 11.5 Å². The summed E-state index contributed by atoms with van der Waals surface area (Å²) in [7, 11) is -2.33. The second-order valence-electron chi connectivity index (χ2n) is 14.8. The Morgan fingerprint density at radius 3 is 2.35 bits per heavy atom. The van der Waals surface area contributed by atoms with Gasteiger partial charge in [-0.25, -0.2) is 22.2 Å². The first kappa shape index (κ1) is 40.8. The quantitative estimate of drug-likeness (QED) is 0.101. The molecule has 12 nitrogen and oxygen atoms in total. The fourth-order valence-corrected chi connectivity index (χ4v) is 8.40.